The molecule has 0 fully saturated rings. The van der Waals surface area contributed by atoms with Gasteiger partial charge in [-0.25, -0.2) is 4.39 Å². The summed E-state index contributed by atoms with van der Waals surface area (Å²) >= 11 is 1.36. The molecule has 1 N–H and O–H groups in total. The van der Waals surface area contributed by atoms with Gasteiger partial charge < -0.3 is 5.32 Å². The number of benzene rings is 1. The maximum absolute atomic E-state index is 12.9. The van der Waals surface area contributed by atoms with E-state index in [0.29, 0.717) is 10.7 Å². The highest BCUT2D eigenvalue weighted by Crippen LogP contribution is 2.28. The van der Waals surface area contributed by atoms with Crippen LogP contribution in [-0.2, 0) is 7.05 Å². The van der Waals surface area contributed by atoms with Crippen LogP contribution in [0.25, 0.3) is 10.4 Å². The summed E-state index contributed by atoms with van der Waals surface area (Å²) in [6.45, 7) is 0. The van der Waals surface area contributed by atoms with Gasteiger partial charge in [-0.1, -0.05) is 12.1 Å². The van der Waals surface area contributed by atoms with E-state index < -0.39 is 0 Å². The highest BCUT2D eigenvalue weighted by Gasteiger charge is 2.11. The Balaban J connectivity index is 1.78. The van der Waals surface area contributed by atoms with Crippen LogP contribution in [0.3, 0.4) is 0 Å². The number of carbonyl (C=O) groups excluding carboxylic acids is 1. The molecule has 6 heteroatoms. The predicted octanol–water partition coefficient (Wildman–Crippen LogP) is 3.54. The third-order valence-corrected chi connectivity index (χ3v) is 4.05. The summed E-state index contributed by atoms with van der Waals surface area (Å²) in [4.78, 5) is 13.6. The van der Waals surface area contributed by atoms with Crippen LogP contribution < -0.4 is 5.32 Å². The maximum Gasteiger partial charge on any atom is 0.266 e. The molecule has 4 nitrogen and oxygen atoms in total. The van der Waals surface area contributed by atoms with Crippen molar-refractivity contribution < 1.29 is 9.18 Å². The highest BCUT2D eigenvalue weighted by molar-refractivity contribution is 7.17. The first-order valence-electron chi connectivity index (χ1n) is 6.28. The van der Waals surface area contributed by atoms with Gasteiger partial charge in [0.15, 0.2) is 5.82 Å². The van der Waals surface area contributed by atoms with E-state index >= 15 is 0 Å². The first-order valence-corrected chi connectivity index (χ1v) is 7.10. The molecule has 0 radical (unpaired) electrons. The van der Waals surface area contributed by atoms with Crippen LogP contribution in [0, 0.1) is 5.82 Å². The standard InChI is InChI=1S/C15H12FN3OS/c1-19-9-8-14(18-19)17-15(20)13-7-6-12(21-13)10-2-4-11(16)5-3-10/h2-9H,1H3,(H,17,18,20). The number of thiophene rings is 1. The lowest BCUT2D eigenvalue weighted by Crippen LogP contribution is -2.10. The van der Waals surface area contributed by atoms with Gasteiger partial charge in [-0.2, -0.15) is 5.10 Å². The second-order valence-corrected chi connectivity index (χ2v) is 5.58. The topological polar surface area (TPSA) is 46.9 Å². The number of carbonyl (C=O) groups is 1. The zero-order valence-corrected chi connectivity index (χ0v) is 12.0. The van der Waals surface area contributed by atoms with E-state index in [-0.39, 0.29) is 11.7 Å². The van der Waals surface area contributed by atoms with Crippen LogP contribution in [-0.4, -0.2) is 15.7 Å². The number of anilines is 1. The van der Waals surface area contributed by atoms with Crippen molar-refractivity contribution in [3.8, 4) is 10.4 Å². The fraction of sp³-hybridized carbons (Fsp3) is 0.0667. The molecule has 106 valence electrons. The Kier molecular flexibility index (Phi) is 3.53. The van der Waals surface area contributed by atoms with Crippen molar-refractivity contribution >= 4 is 23.1 Å². The van der Waals surface area contributed by atoms with Gasteiger partial charge in [0.05, 0.1) is 4.88 Å². The molecule has 3 aromatic rings. The smallest absolute Gasteiger partial charge is 0.266 e. The predicted molar refractivity (Wildman–Crippen MR) is 80.9 cm³/mol. The fourth-order valence-corrected chi connectivity index (χ4v) is 2.80. The molecule has 0 saturated heterocycles. The number of rotatable bonds is 3. The Morgan fingerprint density at radius 1 is 1.19 bits per heavy atom. The van der Waals surface area contributed by atoms with Crippen LogP contribution in [0.15, 0.2) is 48.7 Å². The van der Waals surface area contributed by atoms with Gasteiger partial charge in [0.25, 0.3) is 5.91 Å². The number of hydrogen-bond acceptors (Lipinski definition) is 3. The molecule has 3 rings (SSSR count). The van der Waals surface area contributed by atoms with Gasteiger partial charge in [0.2, 0.25) is 0 Å². The fourth-order valence-electron chi connectivity index (χ4n) is 1.89. The number of nitrogens with one attached hydrogen (secondary N) is 1. The SMILES string of the molecule is Cn1ccc(NC(=O)c2ccc(-c3ccc(F)cc3)s2)n1. The Labute approximate surface area is 124 Å². The first kappa shape index (κ1) is 13.5. The summed E-state index contributed by atoms with van der Waals surface area (Å²) in [6.07, 6.45) is 1.76. The van der Waals surface area contributed by atoms with Crippen LogP contribution >= 0.6 is 11.3 Å². The summed E-state index contributed by atoms with van der Waals surface area (Å²) in [6, 6.07) is 11.5. The van der Waals surface area contributed by atoms with E-state index in [9.17, 15) is 9.18 Å². The number of aryl methyl sites for hydroxylation is 1. The highest BCUT2D eigenvalue weighted by atomic mass is 32.1. The molecule has 0 aliphatic rings. The lowest BCUT2D eigenvalue weighted by atomic mass is 10.2. The average molecular weight is 301 g/mol. The zero-order chi connectivity index (χ0) is 14.8. The minimum absolute atomic E-state index is 0.202. The molecule has 0 spiro atoms. The molecule has 0 saturated carbocycles. The molecule has 0 atom stereocenters. The van der Waals surface area contributed by atoms with E-state index in [4.69, 9.17) is 0 Å². The summed E-state index contributed by atoms with van der Waals surface area (Å²) in [5, 5.41) is 6.83. The molecule has 2 heterocycles. The summed E-state index contributed by atoms with van der Waals surface area (Å²) in [5.74, 6) is 0.0368. The van der Waals surface area contributed by atoms with Crippen molar-refractivity contribution in [2.75, 3.05) is 5.32 Å². The van der Waals surface area contributed by atoms with E-state index in [1.165, 1.54) is 23.5 Å². The molecule has 2 aromatic heterocycles. The van der Waals surface area contributed by atoms with Crippen molar-refractivity contribution in [2.45, 2.75) is 0 Å². The lowest BCUT2D eigenvalue weighted by molar-refractivity contribution is 0.103. The molecule has 0 bridgehead atoms. The van der Waals surface area contributed by atoms with Crippen LogP contribution in [0.2, 0.25) is 0 Å². The van der Waals surface area contributed by atoms with E-state index in [1.807, 2.05) is 6.07 Å². The number of halogens is 1. The monoisotopic (exact) mass is 301 g/mol. The van der Waals surface area contributed by atoms with Crippen molar-refractivity contribution in [3.63, 3.8) is 0 Å². The first-order chi connectivity index (χ1) is 10.1. The molecule has 1 amide bonds. The second kappa shape index (κ2) is 5.49. The molecule has 21 heavy (non-hydrogen) atoms. The molecular weight excluding hydrogens is 289 g/mol. The number of aromatic nitrogens is 2. The van der Waals surface area contributed by atoms with Crippen molar-refractivity contribution in [2.24, 2.45) is 7.05 Å². The zero-order valence-electron chi connectivity index (χ0n) is 11.2. The van der Waals surface area contributed by atoms with Gasteiger partial charge in [-0.3, -0.25) is 9.48 Å². The molecule has 0 aliphatic heterocycles. The number of nitrogens with zero attached hydrogens (tertiary/aromatic N) is 2. The Morgan fingerprint density at radius 2 is 1.95 bits per heavy atom. The van der Waals surface area contributed by atoms with Gasteiger partial charge in [0, 0.05) is 24.2 Å². The Morgan fingerprint density at radius 3 is 2.62 bits per heavy atom. The largest absolute Gasteiger partial charge is 0.304 e. The Hall–Kier alpha value is -2.47. The Bertz CT molecular complexity index is 776. The maximum atomic E-state index is 12.9. The second-order valence-electron chi connectivity index (χ2n) is 4.50. The lowest BCUT2D eigenvalue weighted by Gasteiger charge is -1.99. The third kappa shape index (κ3) is 3.00. The molecule has 0 aliphatic carbocycles. The van der Waals surface area contributed by atoms with Crippen molar-refractivity contribution in [1.29, 1.82) is 0 Å². The van der Waals surface area contributed by atoms with Gasteiger partial charge in [0.1, 0.15) is 5.82 Å². The summed E-state index contributed by atoms with van der Waals surface area (Å²) < 4.78 is 14.5. The molecule has 1 aromatic carbocycles. The van der Waals surface area contributed by atoms with Crippen LogP contribution in [0.4, 0.5) is 10.2 Å². The van der Waals surface area contributed by atoms with E-state index in [0.717, 1.165) is 10.4 Å². The molecular formula is C15H12FN3OS. The van der Waals surface area contributed by atoms with Crippen LogP contribution in [0.1, 0.15) is 9.67 Å². The van der Waals surface area contributed by atoms with Gasteiger partial charge >= 0.3 is 0 Å². The summed E-state index contributed by atoms with van der Waals surface area (Å²) in [7, 11) is 1.79. The van der Waals surface area contributed by atoms with Crippen molar-refractivity contribution in [3.05, 3.63) is 59.4 Å². The quantitative estimate of drug-likeness (QED) is 0.804. The minimum atomic E-state index is -0.275. The third-order valence-electron chi connectivity index (χ3n) is 2.91. The van der Waals surface area contributed by atoms with Crippen molar-refractivity contribution in [1.82, 2.24) is 9.78 Å². The normalized spacial score (nSPS) is 10.6. The van der Waals surface area contributed by atoms with Crippen LogP contribution in [0.5, 0.6) is 0 Å². The number of amides is 1. The van der Waals surface area contributed by atoms with E-state index in [2.05, 4.69) is 10.4 Å². The average Bonchev–Trinajstić information content (AvgIpc) is 3.09. The van der Waals surface area contributed by atoms with Gasteiger partial charge in [-0.05, 0) is 29.8 Å². The van der Waals surface area contributed by atoms with E-state index in [1.54, 1.807) is 42.2 Å². The minimum Gasteiger partial charge on any atom is -0.304 e. The summed E-state index contributed by atoms with van der Waals surface area (Å²) in [5.41, 5.74) is 0.887. The van der Waals surface area contributed by atoms with Gasteiger partial charge in [-0.15, -0.1) is 11.3 Å². The molecule has 0 unspecified atom stereocenters. The number of hydrogen-bond donors (Lipinski definition) is 1.